The highest BCUT2D eigenvalue weighted by Crippen LogP contribution is 2.27. The van der Waals surface area contributed by atoms with Crippen molar-refractivity contribution in [1.29, 1.82) is 0 Å². The van der Waals surface area contributed by atoms with E-state index in [1.807, 2.05) is 35.2 Å². The summed E-state index contributed by atoms with van der Waals surface area (Å²) in [5.41, 5.74) is 5.87. The van der Waals surface area contributed by atoms with E-state index in [2.05, 4.69) is 10.6 Å². The lowest BCUT2D eigenvalue weighted by Gasteiger charge is -2.36. The van der Waals surface area contributed by atoms with Crippen LogP contribution in [0.1, 0.15) is 24.4 Å². The van der Waals surface area contributed by atoms with E-state index in [9.17, 15) is 14.4 Å². The summed E-state index contributed by atoms with van der Waals surface area (Å²) in [6.45, 7) is 1.20. The number of primary amides is 1. The molecule has 0 radical (unpaired) electrons. The molecular formula is C16H22N4O3. The van der Waals surface area contributed by atoms with Gasteiger partial charge in [0.05, 0.1) is 0 Å². The minimum atomic E-state index is -0.865. The van der Waals surface area contributed by atoms with E-state index in [0.29, 0.717) is 25.9 Å². The summed E-state index contributed by atoms with van der Waals surface area (Å²) in [7, 11) is 1.63. The molecule has 1 aliphatic rings. The fraction of sp³-hybridized carbons (Fsp3) is 0.438. The molecule has 1 heterocycles. The molecule has 1 unspecified atom stereocenters. The second-order valence-corrected chi connectivity index (χ2v) is 5.59. The average Bonchev–Trinajstić information content (AvgIpc) is 2.55. The van der Waals surface area contributed by atoms with Crippen molar-refractivity contribution >= 4 is 17.8 Å². The third kappa shape index (κ3) is 4.29. The van der Waals surface area contributed by atoms with E-state index < -0.39 is 18.0 Å². The van der Waals surface area contributed by atoms with Crippen LogP contribution in [-0.4, -0.2) is 42.9 Å². The van der Waals surface area contributed by atoms with E-state index in [4.69, 9.17) is 5.73 Å². The van der Waals surface area contributed by atoms with Gasteiger partial charge in [0.15, 0.2) is 0 Å². The predicted molar refractivity (Wildman–Crippen MR) is 85.3 cm³/mol. The first-order chi connectivity index (χ1) is 11.0. The van der Waals surface area contributed by atoms with Crippen molar-refractivity contribution in [2.75, 3.05) is 20.1 Å². The number of hydrogen-bond donors (Lipinski definition) is 3. The topological polar surface area (TPSA) is 105 Å². The summed E-state index contributed by atoms with van der Waals surface area (Å²) >= 11 is 0. The highest BCUT2D eigenvalue weighted by molar-refractivity contribution is 5.96. The van der Waals surface area contributed by atoms with Gasteiger partial charge in [-0.1, -0.05) is 30.3 Å². The van der Waals surface area contributed by atoms with Crippen LogP contribution in [-0.2, 0) is 9.59 Å². The first-order valence-electron chi connectivity index (χ1n) is 7.63. The number of likely N-dealkylation sites (tertiary alicyclic amines) is 1. The number of hydrogen-bond acceptors (Lipinski definition) is 4. The standard InChI is InChI=1S/C16H22N4O3/c1-18-14(21)12-7-9-20(10-8-12)13(15(22)19-16(17)23)11-5-3-2-4-6-11/h2-6,12-13H,7-10H2,1H3,(H,18,21)(H3,17,19,22,23). The number of carbonyl (C=O) groups is 3. The Labute approximate surface area is 135 Å². The molecule has 0 aromatic heterocycles. The summed E-state index contributed by atoms with van der Waals surface area (Å²) < 4.78 is 0. The van der Waals surface area contributed by atoms with Crippen molar-refractivity contribution in [3.05, 3.63) is 35.9 Å². The van der Waals surface area contributed by atoms with Crippen molar-refractivity contribution in [3.8, 4) is 0 Å². The monoisotopic (exact) mass is 318 g/mol. The smallest absolute Gasteiger partial charge is 0.318 e. The highest BCUT2D eigenvalue weighted by Gasteiger charge is 2.33. The van der Waals surface area contributed by atoms with Gasteiger partial charge in [-0.3, -0.25) is 19.8 Å². The molecule has 0 spiro atoms. The molecule has 2 rings (SSSR count). The Morgan fingerprint density at radius 3 is 2.30 bits per heavy atom. The quantitative estimate of drug-likeness (QED) is 0.746. The zero-order valence-corrected chi connectivity index (χ0v) is 13.1. The number of carbonyl (C=O) groups excluding carboxylic acids is 3. The van der Waals surface area contributed by atoms with Crippen LogP contribution in [0.2, 0.25) is 0 Å². The SMILES string of the molecule is CNC(=O)C1CCN(C(C(=O)NC(N)=O)c2ccccc2)CC1. The fourth-order valence-corrected chi connectivity index (χ4v) is 2.98. The molecule has 1 fully saturated rings. The number of nitrogens with zero attached hydrogens (tertiary/aromatic N) is 1. The largest absolute Gasteiger partial charge is 0.359 e. The minimum Gasteiger partial charge on any atom is -0.359 e. The summed E-state index contributed by atoms with van der Waals surface area (Å²) in [6, 6.07) is 7.79. The Morgan fingerprint density at radius 2 is 1.78 bits per heavy atom. The van der Waals surface area contributed by atoms with Crippen LogP contribution in [0.5, 0.6) is 0 Å². The number of piperidine rings is 1. The molecule has 4 N–H and O–H groups in total. The molecule has 0 bridgehead atoms. The van der Waals surface area contributed by atoms with E-state index in [0.717, 1.165) is 5.56 Å². The maximum absolute atomic E-state index is 12.4. The molecule has 7 nitrogen and oxygen atoms in total. The molecular weight excluding hydrogens is 296 g/mol. The van der Waals surface area contributed by atoms with Gasteiger partial charge in [-0.25, -0.2) is 4.79 Å². The van der Waals surface area contributed by atoms with Crippen molar-refractivity contribution < 1.29 is 14.4 Å². The third-order valence-electron chi connectivity index (χ3n) is 4.12. The van der Waals surface area contributed by atoms with E-state index >= 15 is 0 Å². The molecule has 1 atom stereocenters. The summed E-state index contributed by atoms with van der Waals surface area (Å²) in [6.07, 6.45) is 1.35. The van der Waals surface area contributed by atoms with Gasteiger partial charge in [-0.2, -0.15) is 0 Å². The second kappa shape index (κ2) is 7.73. The van der Waals surface area contributed by atoms with Crippen LogP contribution in [0.3, 0.4) is 0 Å². The van der Waals surface area contributed by atoms with Gasteiger partial charge in [0.2, 0.25) is 11.8 Å². The molecule has 7 heteroatoms. The molecule has 1 aliphatic heterocycles. The second-order valence-electron chi connectivity index (χ2n) is 5.59. The summed E-state index contributed by atoms with van der Waals surface area (Å²) in [5.74, 6) is -0.448. The maximum atomic E-state index is 12.4. The number of urea groups is 1. The normalized spacial score (nSPS) is 17.3. The molecule has 124 valence electrons. The minimum absolute atomic E-state index is 0.0301. The van der Waals surface area contributed by atoms with E-state index in [-0.39, 0.29) is 11.8 Å². The number of rotatable bonds is 4. The number of amides is 4. The van der Waals surface area contributed by atoms with Crippen LogP contribution in [0.25, 0.3) is 0 Å². The maximum Gasteiger partial charge on any atom is 0.318 e. The Balaban J connectivity index is 2.14. The van der Waals surface area contributed by atoms with Crippen molar-refractivity contribution in [1.82, 2.24) is 15.5 Å². The van der Waals surface area contributed by atoms with Crippen molar-refractivity contribution in [3.63, 3.8) is 0 Å². The number of nitrogens with two attached hydrogens (primary N) is 1. The van der Waals surface area contributed by atoms with Gasteiger partial charge in [-0.05, 0) is 31.5 Å². The van der Waals surface area contributed by atoms with Crippen LogP contribution in [0, 0.1) is 5.92 Å². The lowest BCUT2D eigenvalue weighted by Crippen LogP contribution is -2.48. The summed E-state index contributed by atoms with van der Waals surface area (Å²) in [4.78, 5) is 37.1. The zero-order chi connectivity index (χ0) is 16.8. The first-order valence-corrected chi connectivity index (χ1v) is 7.63. The Morgan fingerprint density at radius 1 is 1.17 bits per heavy atom. The third-order valence-corrected chi connectivity index (χ3v) is 4.12. The Kier molecular flexibility index (Phi) is 5.70. The number of nitrogens with one attached hydrogen (secondary N) is 2. The van der Waals surface area contributed by atoms with Gasteiger partial charge >= 0.3 is 6.03 Å². The highest BCUT2D eigenvalue weighted by atomic mass is 16.2. The van der Waals surface area contributed by atoms with Crippen LogP contribution >= 0.6 is 0 Å². The van der Waals surface area contributed by atoms with E-state index in [1.165, 1.54) is 0 Å². The van der Waals surface area contributed by atoms with E-state index in [1.54, 1.807) is 7.05 Å². The Hall–Kier alpha value is -2.41. The molecule has 1 aromatic carbocycles. The predicted octanol–water partition coefficient (Wildman–Crippen LogP) is 0.381. The lowest BCUT2D eigenvalue weighted by molar-refractivity contribution is -0.128. The summed E-state index contributed by atoms with van der Waals surface area (Å²) in [5, 5.41) is 4.82. The molecule has 4 amide bonds. The molecule has 23 heavy (non-hydrogen) atoms. The van der Waals surface area contributed by atoms with Crippen molar-refractivity contribution in [2.24, 2.45) is 11.7 Å². The fourth-order valence-electron chi connectivity index (χ4n) is 2.98. The first kappa shape index (κ1) is 17.0. The van der Waals surface area contributed by atoms with Gasteiger partial charge in [0, 0.05) is 13.0 Å². The average molecular weight is 318 g/mol. The molecule has 0 aliphatic carbocycles. The zero-order valence-electron chi connectivity index (χ0n) is 13.1. The van der Waals surface area contributed by atoms with Crippen LogP contribution in [0.4, 0.5) is 4.79 Å². The Bertz CT molecular complexity index is 568. The van der Waals surface area contributed by atoms with Gasteiger partial charge < -0.3 is 11.1 Å². The van der Waals surface area contributed by atoms with Gasteiger partial charge in [0.25, 0.3) is 0 Å². The van der Waals surface area contributed by atoms with Crippen molar-refractivity contribution in [2.45, 2.75) is 18.9 Å². The number of imide groups is 1. The molecule has 1 saturated heterocycles. The molecule has 0 saturated carbocycles. The number of benzene rings is 1. The van der Waals surface area contributed by atoms with Gasteiger partial charge in [-0.15, -0.1) is 0 Å². The lowest BCUT2D eigenvalue weighted by atomic mass is 9.93. The van der Waals surface area contributed by atoms with Crippen LogP contribution in [0.15, 0.2) is 30.3 Å². The van der Waals surface area contributed by atoms with Crippen LogP contribution < -0.4 is 16.4 Å². The molecule has 1 aromatic rings. The van der Waals surface area contributed by atoms with Gasteiger partial charge in [0.1, 0.15) is 6.04 Å².